The Kier molecular flexibility index (Phi) is 4.54. The predicted molar refractivity (Wildman–Crippen MR) is 75.0 cm³/mol. The Morgan fingerprint density at radius 2 is 2.05 bits per heavy atom. The summed E-state index contributed by atoms with van der Waals surface area (Å²) in [7, 11) is 1.22. The average molecular weight is 310 g/mol. The maximum absolute atomic E-state index is 12.1. The molecule has 1 aromatic heterocycles. The lowest BCUT2D eigenvalue weighted by molar-refractivity contribution is -0.141. The number of nitrogens with zero attached hydrogens (tertiary/aromatic N) is 3. The largest absolute Gasteiger partial charge is 0.468 e. The third-order valence-corrected chi connectivity index (χ3v) is 3.04. The van der Waals surface area contributed by atoms with Crippen LogP contribution in [-0.2, 0) is 27.4 Å². The van der Waals surface area contributed by atoms with Gasteiger partial charge in [0.1, 0.15) is 12.8 Å². The summed E-state index contributed by atoms with van der Waals surface area (Å²) < 4.78 is 6.64. The summed E-state index contributed by atoms with van der Waals surface area (Å²) in [5.74, 6) is -0.317. The topological polar surface area (TPSA) is 83.2 Å². The molecule has 0 N–H and O–H groups in total. The summed E-state index contributed by atoms with van der Waals surface area (Å²) >= 11 is 5.81. The molecule has 0 aliphatic carbocycles. The predicted octanol–water partition coefficient (Wildman–Crippen LogP) is 0.737. The molecule has 0 fully saturated rings. The van der Waals surface area contributed by atoms with Gasteiger partial charge in [-0.25, -0.2) is 9.48 Å². The van der Waals surface area contributed by atoms with Gasteiger partial charge in [0.2, 0.25) is 0 Å². The highest BCUT2D eigenvalue weighted by Crippen LogP contribution is 2.18. The fraction of sp³-hybridized carbons (Fsp3) is 0.231. The summed E-state index contributed by atoms with van der Waals surface area (Å²) in [5, 5.41) is 4.62. The number of ether oxygens (including phenoxy) is 1. The number of methoxy groups -OCH3 is 1. The summed E-state index contributed by atoms with van der Waals surface area (Å²) in [5.41, 5.74) is 0.0550. The smallest absolute Gasteiger partial charge is 0.347 e. The molecule has 1 aromatic carbocycles. The van der Waals surface area contributed by atoms with E-state index in [0.717, 1.165) is 4.68 Å². The number of aldehydes is 1. The van der Waals surface area contributed by atoms with Gasteiger partial charge in [-0.05, 0) is 24.3 Å². The van der Waals surface area contributed by atoms with Crippen LogP contribution in [0.1, 0.15) is 0 Å². The highest BCUT2D eigenvalue weighted by molar-refractivity contribution is 6.30. The maximum atomic E-state index is 12.1. The molecule has 1 heterocycles. The van der Waals surface area contributed by atoms with E-state index in [1.807, 2.05) is 0 Å². The highest BCUT2D eigenvalue weighted by Gasteiger charge is 2.16. The van der Waals surface area contributed by atoms with Gasteiger partial charge in [0, 0.05) is 10.6 Å². The van der Waals surface area contributed by atoms with Crippen LogP contribution < -0.4 is 5.69 Å². The molecule has 21 heavy (non-hydrogen) atoms. The molecule has 0 atom stereocenters. The third kappa shape index (κ3) is 3.19. The second-order valence-electron chi connectivity index (χ2n) is 4.12. The summed E-state index contributed by atoms with van der Waals surface area (Å²) in [6.45, 7) is -0.472. The molecule has 0 amide bonds. The van der Waals surface area contributed by atoms with Gasteiger partial charge in [-0.3, -0.25) is 9.36 Å². The lowest BCUT2D eigenvalue weighted by atomic mass is 10.2. The van der Waals surface area contributed by atoms with Crippen LogP contribution in [0.2, 0.25) is 5.02 Å². The number of hydrogen-bond acceptors (Lipinski definition) is 5. The molecule has 8 heteroatoms. The van der Waals surface area contributed by atoms with Gasteiger partial charge < -0.3 is 9.53 Å². The minimum Gasteiger partial charge on any atom is -0.468 e. The van der Waals surface area contributed by atoms with Crippen molar-refractivity contribution >= 4 is 23.9 Å². The van der Waals surface area contributed by atoms with E-state index in [4.69, 9.17) is 11.6 Å². The normalized spacial score (nSPS) is 10.4. The minimum atomic E-state index is -0.601. The first-order valence-electron chi connectivity index (χ1n) is 6.01. The Bertz CT molecular complexity index is 718. The molecular formula is C13H12ClN3O4. The van der Waals surface area contributed by atoms with Crippen LogP contribution in [0.3, 0.4) is 0 Å². The molecule has 0 aliphatic heterocycles. The van der Waals surface area contributed by atoms with Gasteiger partial charge in [-0.2, -0.15) is 0 Å². The van der Waals surface area contributed by atoms with E-state index in [1.54, 1.807) is 24.3 Å². The second-order valence-corrected chi connectivity index (χ2v) is 4.56. The number of hydrogen-bond donors (Lipinski definition) is 0. The zero-order chi connectivity index (χ0) is 15.4. The van der Waals surface area contributed by atoms with E-state index >= 15 is 0 Å². The monoisotopic (exact) mass is 309 g/mol. The van der Waals surface area contributed by atoms with Gasteiger partial charge in [-0.1, -0.05) is 11.6 Å². The fourth-order valence-electron chi connectivity index (χ4n) is 1.78. The minimum absolute atomic E-state index is 0.155. The third-order valence-electron chi connectivity index (χ3n) is 2.79. The lowest BCUT2D eigenvalue weighted by Gasteiger charge is -2.01. The van der Waals surface area contributed by atoms with Crippen LogP contribution in [0.15, 0.2) is 29.1 Å². The van der Waals surface area contributed by atoms with Gasteiger partial charge in [-0.15, -0.1) is 5.10 Å². The number of aromatic nitrogens is 3. The van der Waals surface area contributed by atoms with Crippen molar-refractivity contribution in [2.75, 3.05) is 7.11 Å². The molecule has 0 saturated heterocycles. The van der Waals surface area contributed by atoms with Crippen molar-refractivity contribution in [3.05, 3.63) is 39.8 Å². The van der Waals surface area contributed by atoms with Crippen LogP contribution in [0.5, 0.6) is 0 Å². The van der Waals surface area contributed by atoms with Crippen molar-refractivity contribution in [1.82, 2.24) is 14.3 Å². The molecular weight excluding hydrogens is 298 g/mol. The van der Waals surface area contributed by atoms with E-state index in [9.17, 15) is 14.4 Å². The molecule has 2 rings (SSSR count). The standard InChI is InChI=1S/C13H12ClN3O4/c1-21-11(19)8-17-13(20)16(6-7-18)12(15-17)9-2-4-10(14)5-3-9/h2-5,7H,6,8H2,1H3. The van der Waals surface area contributed by atoms with Crippen LogP contribution in [0.25, 0.3) is 11.4 Å². The summed E-state index contributed by atoms with van der Waals surface area (Å²) in [6.07, 6.45) is 0.588. The number of carbonyl (C=O) groups excluding carboxylic acids is 2. The van der Waals surface area contributed by atoms with Crippen LogP contribution in [0.4, 0.5) is 0 Å². The molecule has 0 aliphatic rings. The Labute approximate surface area is 124 Å². The number of carbonyl (C=O) groups is 2. The molecule has 0 saturated carbocycles. The van der Waals surface area contributed by atoms with Crippen LogP contribution in [0, 0.1) is 0 Å². The van der Waals surface area contributed by atoms with Gasteiger partial charge >= 0.3 is 11.7 Å². The molecule has 2 aromatic rings. The number of rotatable bonds is 5. The van der Waals surface area contributed by atoms with Crippen molar-refractivity contribution in [1.29, 1.82) is 0 Å². The Balaban J connectivity index is 2.51. The zero-order valence-corrected chi connectivity index (χ0v) is 11.9. The van der Waals surface area contributed by atoms with Crippen molar-refractivity contribution in [3.8, 4) is 11.4 Å². The Morgan fingerprint density at radius 3 is 2.62 bits per heavy atom. The lowest BCUT2D eigenvalue weighted by Crippen LogP contribution is -2.28. The number of halogens is 1. The second kappa shape index (κ2) is 6.36. The molecule has 7 nitrogen and oxygen atoms in total. The molecule has 0 unspecified atom stereocenters. The summed E-state index contributed by atoms with van der Waals surface area (Å²) in [6, 6.07) is 6.64. The fourth-order valence-corrected chi connectivity index (χ4v) is 1.91. The Hall–Kier alpha value is -2.41. The molecule has 0 radical (unpaired) electrons. The van der Waals surface area contributed by atoms with Crippen molar-refractivity contribution < 1.29 is 14.3 Å². The first kappa shape index (κ1) is 15.0. The average Bonchev–Trinajstić information content (AvgIpc) is 2.78. The van der Waals surface area contributed by atoms with Gasteiger partial charge in [0.15, 0.2) is 5.82 Å². The zero-order valence-electron chi connectivity index (χ0n) is 11.2. The van der Waals surface area contributed by atoms with E-state index in [1.165, 1.54) is 11.7 Å². The van der Waals surface area contributed by atoms with Crippen molar-refractivity contribution in [3.63, 3.8) is 0 Å². The van der Waals surface area contributed by atoms with E-state index < -0.39 is 11.7 Å². The first-order valence-corrected chi connectivity index (χ1v) is 6.38. The van der Waals surface area contributed by atoms with Crippen LogP contribution >= 0.6 is 11.6 Å². The van der Waals surface area contributed by atoms with E-state index in [2.05, 4.69) is 9.84 Å². The molecule has 0 bridgehead atoms. The van der Waals surface area contributed by atoms with E-state index in [0.29, 0.717) is 16.9 Å². The number of benzene rings is 1. The first-order chi connectivity index (χ1) is 10.1. The highest BCUT2D eigenvalue weighted by atomic mass is 35.5. The van der Waals surface area contributed by atoms with E-state index in [-0.39, 0.29) is 18.9 Å². The SMILES string of the molecule is COC(=O)Cn1nc(-c2ccc(Cl)cc2)n(CC=O)c1=O. The Morgan fingerprint density at radius 1 is 1.38 bits per heavy atom. The molecule has 0 spiro atoms. The number of esters is 1. The quantitative estimate of drug-likeness (QED) is 0.601. The maximum Gasteiger partial charge on any atom is 0.347 e. The van der Waals surface area contributed by atoms with Gasteiger partial charge in [0.05, 0.1) is 13.7 Å². The summed E-state index contributed by atoms with van der Waals surface area (Å²) in [4.78, 5) is 34.2. The molecule has 110 valence electrons. The van der Waals surface area contributed by atoms with Crippen molar-refractivity contribution in [2.45, 2.75) is 13.1 Å². The van der Waals surface area contributed by atoms with Crippen LogP contribution in [-0.4, -0.2) is 33.7 Å². The van der Waals surface area contributed by atoms with Gasteiger partial charge in [0.25, 0.3) is 0 Å². The van der Waals surface area contributed by atoms with Crippen molar-refractivity contribution in [2.24, 2.45) is 0 Å².